The maximum atomic E-state index is 11.4. The van der Waals surface area contributed by atoms with Crippen molar-refractivity contribution < 1.29 is 4.92 Å². The van der Waals surface area contributed by atoms with Crippen LogP contribution in [-0.2, 0) is 0 Å². The first-order valence-corrected chi connectivity index (χ1v) is 9.08. The molecule has 142 valence electrons. The molecule has 10 heteroatoms. The summed E-state index contributed by atoms with van der Waals surface area (Å²) in [4.78, 5) is 23.7. The summed E-state index contributed by atoms with van der Waals surface area (Å²) in [7, 11) is 0. The minimum atomic E-state index is -0.481. The highest BCUT2D eigenvalue weighted by atomic mass is 16.6. The lowest BCUT2D eigenvalue weighted by Gasteiger charge is -2.28. The second-order valence-corrected chi connectivity index (χ2v) is 6.87. The van der Waals surface area contributed by atoms with Gasteiger partial charge in [-0.1, -0.05) is 0 Å². The van der Waals surface area contributed by atoms with Crippen LogP contribution in [0.1, 0.15) is 32.1 Å². The molecule has 0 aliphatic heterocycles. The van der Waals surface area contributed by atoms with Crippen LogP contribution in [0.25, 0.3) is 16.9 Å². The molecule has 1 fully saturated rings. The highest BCUT2D eigenvalue weighted by Gasteiger charge is 2.25. The van der Waals surface area contributed by atoms with Crippen molar-refractivity contribution in [2.75, 3.05) is 5.32 Å². The van der Waals surface area contributed by atoms with E-state index in [1.54, 1.807) is 29.3 Å². The van der Waals surface area contributed by atoms with Crippen LogP contribution in [0, 0.1) is 27.4 Å². The van der Waals surface area contributed by atoms with Crippen LogP contribution in [0.4, 0.5) is 11.5 Å². The molecule has 10 nitrogen and oxygen atoms in total. The van der Waals surface area contributed by atoms with Gasteiger partial charge in [-0.25, -0.2) is 14.5 Å². The standard InChI is InChI=1S/C18H18N8O2/c19-6-5-12-1-3-13(4-2-12)23-18-16(26(27)28)11-21-17(24-18)14-9-22-25-8-7-20-10-15(14)25/h7-13H,1-5H2,(H,21,23,24). The normalized spacial score (nSPS) is 19.2. The maximum Gasteiger partial charge on any atom is 0.329 e. The molecule has 0 aromatic carbocycles. The van der Waals surface area contributed by atoms with Crippen molar-refractivity contribution >= 4 is 17.0 Å². The lowest BCUT2D eigenvalue weighted by molar-refractivity contribution is -0.384. The average Bonchev–Trinajstić information content (AvgIpc) is 3.14. The molecular weight excluding hydrogens is 360 g/mol. The molecule has 0 spiro atoms. The van der Waals surface area contributed by atoms with E-state index >= 15 is 0 Å². The molecule has 1 aliphatic carbocycles. The number of hydrogen-bond acceptors (Lipinski definition) is 8. The summed E-state index contributed by atoms with van der Waals surface area (Å²) < 4.78 is 1.65. The molecule has 3 aromatic rings. The first kappa shape index (κ1) is 17.8. The van der Waals surface area contributed by atoms with Crippen molar-refractivity contribution in [3.05, 3.63) is 41.1 Å². The van der Waals surface area contributed by atoms with Gasteiger partial charge in [-0.15, -0.1) is 0 Å². The number of hydrogen-bond donors (Lipinski definition) is 1. The van der Waals surface area contributed by atoms with Crippen LogP contribution in [0.5, 0.6) is 0 Å². The Labute approximate surface area is 160 Å². The maximum absolute atomic E-state index is 11.4. The fourth-order valence-corrected chi connectivity index (χ4v) is 3.59. The zero-order chi connectivity index (χ0) is 19.5. The lowest BCUT2D eigenvalue weighted by atomic mass is 9.84. The van der Waals surface area contributed by atoms with Crippen LogP contribution in [-0.4, -0.2) is 35.5 Å². The number of nitrogens with zero attached hydrogens (tertiary/aromatic N) is 7. The monoisotopic (exact) mass is 378 g/mol. The highest BCUT2D eigenvalue weighted by Crippen LogP contribution is 2.32. The van der Waals surface area contributed by atoms with E-state index in [-0.39, 0.29) is 17.5 Å². The number of aromatic nitrogens is 5. The van der Waals surface area contributed by atoms with Gasteiger partial charge in [0.2, 0.25) is 5.82 Å². The van der Waals surface area contributed by atoms with Crippen LogP contribution in [0.3, 0.4) is 0 Å². The molecule has 1 saturated carbocycles. The van der Waals surface area contributed by atoms with E-state index in [2.05, 4.69) is 31.4 Å². The van der Waals surface area contributed by atoms with E-state index < -0.39 is 4.92 Å². The third-order valence-electron chi connectivity index (χ3n) is 5.10. The molecule has 4 rings (SSSR count). The van der Waals surface area contributed by atoms with Crippen molar-refractivity contribution in [1.82, 2.24) is 24.6 Å². The van der Waals surface area contributed by atoms with Gasteiger partial charge >= 0.3 is 5.69 Å². The molecule has 0 radical (unpaired) electrons. The zero-order valence-corrected chi connectivity index (χ0v) is 15.0. The summed E-state index contributed by atoms with van der Waals surface area (Å²) in [5, 5.41) is 27.7. The van der Waals surface area contributed by atoms with Gasteiger partial charge in [-0.2, -0.15) is 10.4 Å². The quantitative estimate of drug-likeness (QED) is 0.529. The molecular formula is C18H18N8O2. The smallest absolute Gasteiger partial charge is 0.329 e. The molecule has 1 aliphatic rings. The van der Waals surface area contributed by atoms with Crippen LogP contribution < -0.4 is 5.32 Å². The van der Waals surface area contributed by atoms with E-state index in [0.717, 1.165) is 31.2 Å². The van der Waals surface area contributed by atoms with Gasteiger partial charge in [0, 0.05) is 24.9 Å². The Balaban J connectivity index is 1.62. The van der Waals surface area contributed by atoms with Gasteiger partial charge in [0.25, 0.3) is 0 Å². The number of nitro groups is 1. The van der Waals surface area contributed by atoms with Gasteiger partial charge in [0.05, 0.1) is 34.5 Å². The Morgan fingerprint density at radius 2 is 2.11 bits per heavy atom. The van der Waals surface area contributed by atoms with Crippen LogP contribution >= 0.6 is 0 Å². The third kappa shape index (κ3) is 3.46. The summed E-state index contributed by atoms with van der Waals surface area (Å²) in [6.07, 6.45) is 11.9. The van der Waals surface area contributed by atoms with Crippen molar-refractivity contribution in [2.45, 2.75) is 38.1 Å². The fraction of sp³-hybridized carbons (Fsp3) is 0.389. The molecule has 0 unspecified atom stereocenters. The second kappa shape index (κ2) is 7.56. The number of nitrogens with one attached hydrogen (secondary N) is 1. The number of nitriles is 1. The Morgan fingerprint density at radius 3 is 2.86 bits per heavy atom. The lowest BCUT2D eigenvalue weighted by Crippen LogP contribution is -2.27. The minimum Gasteiger partial charge on any atom is -0.361 e. The fourth-order valence-electron chi connectivity index (χ4n) is 3.59. The van der Waals surface area contributed by atoms with E-state index in [0.29, 0.717) is 23.7 Å². The Morgan fingerprint density at radius 1 is 1.29 bits per heavy atom. The van der Waals surface area contributed by atoms with Crippen molar-refractivity contribution in [3.8, 4) is 17.5 Å². The number of fused-ring (bicyclic) bond motifs is 1. The topological polar surface area (TPSA) is 135 Å². The first-order chi connectivity index (χ1) is 13.7. The molecule has 1 N–H and O–H groups in total. The molecule has 0 amide bonds. The summed E-state index contributed by atoms with van der Waals surface area (Å²) in [6, 6.07) is 2.31. The molecule has 0 saturated heterocycles. The molecule has 0 bridgehead atoms. The van der Waals surface area contributed by atoms with E-state index in [1.165, 1.54) is 6.20 Å². The predicted molar refractivity (Wildman–Crippen MR) is 100 cm³/mol. The van der Waals surface area contributed by atoms with E-state index in [4.69, 9.17) is 5.26 Å². The second-order valence-electron chi connectivity index (χ2n) is 6.87. The van der Waals surface area contributed by atoms with Gasteiger partial charge in [-0.3, -0.25) is 15.1 Å². The molecule has 3 aromatic heterocycles. The van der Waals surface area contributed by atoms with Crippen LogP contribution in [0.2, 0.25) is 0 Å². The minimum absolute atomic E-state index is 0.0852. The summed E-state index contributed by atoms with van der Waals surface area (Å²) >= 11 is 0. The van der Waals surface area contributed by atoms with E-state index in [1.807, 2.05) is 0 Å². The Bertz CT molecular complexity index is 1050. The first-order valence-electron chi connectivity index (χ1n) is 9.08. The van der Waals surface area contributed by atoms with Crippen molar-refractivity contribution in [1.29, 1.82) is 5.26 Å². The van der Waals surface area contributed by atoms with Crippen molar-refractivity contribution in [2.24, 2.45) is 5.92 Å². The van der Waals surface area contributed by atoms with Gasteiger partial charge in [0.1, 0.15) is 6.20 Å². The predicted octanol–water partition coefficient (Wildman–Crippen LogP) is 2.98. The third-order valence-corrected chi connectivity index (χ3v) is 5.10. The SMILES string of the molecule is N#CCC1CCC(Nc2nc(-c3cnn4ccncc34)ncc2[N+](=O)[O-])CC1. The molecule has 28 heavy (non-hydrogen) atoms. The molecule has 0 atom stereocenters. The number of anilines is 1. The Hall–Kier alpha value is -3.61. The molecule has 3 heterocycles. The summed E-state index contributed by atoms with van der Waals surface area (Å²) in [5.74, 6) is 0.974. The van der Waals surface area contributed by atoms with Crippen LogP contribution in [0.15, 0.2) is 31.0 Å². The van der Waals surface area contributed by atoms with E-state index in [9.17, 15) is 10.1 Å². The highest BCUT2D eigenvalue weighted by molar-refractivity contribution is 5.76. The zero-order valence-electron chi connectivity index (χ0n) is 15.0. The van der Waals surface area contributed by atoms with Gasteiger partial charge in [-0.05, 0) is 31.6 Å². The number of rotatable bonds is 5. The largest absolute Gasteiger partial charge is 0.361 e. The van der Waals surface area contributed by atoms with Gasteiger partial charge < -0.3 is 5.32 Å². The van der Waals surface area contributed by atoms with Crippen molar-refractivity contribution in [3.63, 3.8) is 0 Å². The Kier molecular flexibility index (Phi) is 4.80. The van der Waals surface area contributed by atoms with Gasteiger partial charge in [0.15, 0.2) is 5.82 Å². The summed E-state index contributed by atoms with van der Waals surface area (Å²) in [5.41, 5.74) is 1.22. The summed E-state index contributed by atoms with van der Waals surface area (Å²) in [6.45, 7) is 0. The average molecular weight is 378 g/mol.